The summed E-state index contributed by atoms with van der Waals surface area (Å²) in [5.74, 6) is -0.957. The van der Waals surface area contributed by atoms with E-state index in [0.29, 0.717) is 18.5 Å². The molecule has 0 spiro atoms. The van der Waals surface area contributed by atoms with Crippen LogP contribution in [0.25, 0.3) is 0 Å². The molecule has 1 N–H and O–H groups in total. The van der Waals surface area contributed by atoms with Gasteiger partial charge in [0.1, 0.15) is 6.04 Å². The van der Waals surface area contributed by atoms with E-state index in [1.807, 2.05) is 49.1 Å². The number of hydrogen-bond donors (Lipinski definition) is 1. The van der Waals surface area contributed by atoms with Gasteiger partial charge in [-0.1, -0.05) is 18.2 Å². The molecule has 3 heterocycles. The molecule has 2 fully saturated rings. The summed E-state index contributed by atoms with van der Waals surface area (Å²) in [5.41, 5.74) is 3.98. The maximum Gasteiger partial charge on any atom is 0.329 e. The first-order chi connectivity index (χ1) is 15.3. The Balaban J connectivity index is 1.40. The van der Waals surface area contributed by atoms with Crippen molar-refractivity contribution in [2.45, 2.75) is 45.3 Å². The van der Waals surface area contributed by atoms with Gasteiger partial charge in [0.15, 0.2) is 0 Å². The van der Waals surface area contributed by atoms with E-state index in [2.05, 4.69) is 5.32 Å². The summed E-state index contributed by atoms with van der Waals surface area (Å²) in [7, 11) is 0. The number of para-hydroxylation sites is 1. The zero-order valence-corrected chi connectivity index (χ0v) is 18.0. The molecule has 0 saturated carbocycles. The number of carbonyl (C=O) groups is 4. The Morgan fingerprint density at radius 1 is 1.03 bits per heavy atom. The highest BCUT2D eigenvalue weighted by Crippen LogP contribution is 2.34. The second-order valence-electron chi connectivity index (χ2n) is 8.64. The fourth-order valence-corrected chi connectivity index (χ4v) is 4.86. The number of rotatable bonds is 3. The maximum atomic E-state index is 13.3. The molecular weight excluding hydrogens is 408 g/mol. The summed E-state index contributed by atoms with van der Waals surface area (Å²) in [5, 5.41) is 2.32. The van der Waals surface area contributed by atoms with Crippen LogP contribution in [0.5, 0.6) is 0 Å². The van der Waals surface area contributed by atoms with Crippen molar-refractivity contribution in [1.29, 1.82) is 0 Å². The molecule has 2 saturated heterocycles. The maximum absolute atomic E-state index is 13.3. The van der Waals surface area contributed by atoms with Crippen LogP contribution in [0.2, 0.25) is 0 Å². The molecule has 0 radical (unpaired) electrons. The second kappa shape index (κ2) is 7.47. The van der Waals surface area contributed by atoms with Crippen molar-refractivity contribution in [3.05, 3.63) is 59.2 Å². The highest BCUT2D eigenvalue weighted by Gasteiger charge is 2.41. The number of hydrogen-bond acceptors (Lipinski definition) is 4. The Bertz CT molecular complexity index is 1160. The SMILES string of the molecule is Cc1ccccc1N1C(=O)N(c2ccc3c(c2)CN(C2CCC(=O)NC2=O)C3=O)C[C@H]1C. The van der Waals surface area contributed by atoms with E-state index >= 15 is 0 Å². The molecule has 3 aliphatic rings. The number of urea groups is 1. The quantitative estimate of drug-likeness (QED) is 0.755. The number of imide groups is 1. The van der Waals surface area contributed by atoms with Crippen LogP contribution in [0.1, 0.15) is 41.3 Å². The minimum atomic E-state index is -0.652. The Kier molecular flexibility index (Phi) is 4.73. The standard InChI is InChI=1S/C24H24N4O4/c1-14-5-3-4-6-19(14)28-15(2)12-26(24(28)32)17-7-8-18-16(11-17)13-27(23(18)31)20-9-10-21(29)25-22(20)30/h3-8,11,15,20H,9-10,12-13H2,1-2H3,(H,25,29,30)/t15-,20?/m1/s1. The molecule has 2 aromatic rings. The summed E-state index contributed by atoms with van der Waals surface area (Å²) in [4.78, 5) is 55.0. The van der Waals surface area contributed by atoms with Gasteiger partial charge in [-0.2, -0.15) is 0 Å². The number of nitrogens with one attached hydrogen (secondary N) is 1. The lowest BCUT2D eigenvalue weighted by atomic mass is 10.0. The van der Waals surface area contributed by atoms with Gasteiger partial charge in [-0.3, -0.25) is 29.5 Å². The molecule has 8 nitrogen and oxygen atoms in total. The molecular formula is C24H24N4O4. The summed E-state index contributed by atoms with van der Waals surface area (Å²) in [6, 6.07) is 12.4. The molecule has 1 unspecified atom stereocenters. The molecule has 5 rings (SSSR count). The minimum absolute atomic E-state index is 0.00143. The van der Waals surface area contributed by atoms with Crippen molar-refractivity contribution < 1.29 is 19.2 Å². The molecule has 0 bridgehead atoms. The largest absolute Gasteiger partial charge is 0.329 e. The predicted molar refractivity (Wildman–Crippen MR) is 118 cm³/mol. The molecule has 32 heavy (non-hydrogen) atoms. The van der Waals surface area contributed by atoms with E-state index in [1.165, 1.54) is 4.90 Å². The van der Waals surface area contributed by atoms with E-state index in [1.54, 1.807) is 17.0 Å². The molecule has 164 valence electrons. The Morgan fingerprint density at radius 3 is 2.56 bits per heavy atom. The lowest BCUT2D eigenvalue weighted by Gasteiger charge is -2.29. The van der Waals surface area contributed by atoms with Crippen molar-refractivity contribution in [2.75, 3.05) is 16.3 Å². The van der Waals surface area contributed by atoms with Crippen molar-refractivity contribution in [2.24, 2.45) is 0 Å². The zero-order chi connectivity index (χ0) is 22.6. The van der Waals surface area contributed by atoms with Gasteiger partial charge in [-0.15, -0.1) is 0 Å². The van der Waals surface area contributed by atoms with Crippen LogP contribution in [-0.4, -0.2) is 47.3 Å². The number of benzene rings is 2. The smallest absolute Gasteiger partial charge is 0.322 e. The number of carbonyl (C=O) groups excluding carboxylic acids is 4. The summed E-state index contributed by atoms with van der Waals surface area (Å²) in [6.07, 6.45) is 0.543. The third-order valence-electron chi connectivity index (χ3n) is 6.52. The lowest BCUT2D eigenvalue weighted by molar-refractivity contribution is -0.136. The fraction of sp³-hybridized carbons (Fsp3) is 0.333. The average Bonchev–Trinajstić information content (AvgIpc) is 3.24. The highest BCUT2D eigenvalue weighted by atomic mass is 16.2. The van der Waals surface area contributed by atoms with Crippen molar-refractivity contribution in [3.63, 3.8) is 0 Å². The Labute approximate surface area is 185 Å². The highest BCUT2D eigenvalue weighted by molar-refractivity contribution is 6.08. The first-order valence-electron chi connectivity index (χ1n) is 10.8. The third-order valence-corrected chi connectivity index (χ3v) is 6.52. The zero-order valence-electron chi connectivity index (χ0n) is 18.0. The average molecular weight is 432 g/mol. The van der Waals surface area contributed by atoms with E-state index in [0.717, 1.165) is 22.5 Å². The van der Waals surface area contributed by atoms with Gasteiger partial charge >= 0.3 is 6.03 Å². The normalized spacial score (nSPS) is 23.1. The first-order valence-corrected chi connectivity index (χ1v) is 10.8. The summed E-state index contributed by atoms with van der Waals surface area (Å²) >= 11 is 0. The minimum Gasteiger partial charge on any atom is -0.322 e. The molecule has 5 amide bonds. The number of anilines is 2. The molecule has 2 aromatic carbocycles. The van der Waals surface area contributed by atoms with Gasteiger partial charge in [0.2, 0.25) is 11.8 Å². The first kappa shape index (κ1) is 20.2. The van der Waals surface area contributed by atoms with Gasteiger partial charge in [-0.25, -0.2) is 4.79 Å². The number of nitrogens with zero attached hydrogens (tertiary/aromatic N) is 3. The van der Waals surface area contributed by atoms with Crippen molar-refractivity contribution in [1.82, 2.24) is 10.2 Å². The Morgan fingerprint density at radius 2 is 1.81 bits per heavy atom. The molecule has 3 aliphatic heterocycles. The summed E-state index contributed by atoms with van der Waals surface area (Å²) < 4.78 is 0. The van der Waals surface area contributed by atoms with Crippen LogP contribution in [0, 0.1) is 6.92 Å². The predicted octanol–water partition coefficient (Wildman–Crippen LogP) is 2.59. The van der Waals surface area contributed by atoms with E-state index in [4.69, 9.17) is 0 Å². The Hall–Kier alpha value is -3.68. The number of piperidine rings is 1. The van der Waals surface area contributed by atoms with Crippen molar-refractivity contribution in [3.8, 4) is 0 Å². The fourth-order valence-electron chi connectivity index (χ4n) is 4.86. The number of fused-ring (bicyclic) bond motifs is 1. The molecule has 2 atom stereocenters. The van der Waals surface area contributed by atoms with Gasteiger partial charge < -0.3 is 4.90 Å². The van der Waals surface area contributed by atoms with Crippen LogP contribution < -0.4 is 15.1 Å². The molecule has 0 aliphatic carbocycles. The second-order valence-corrected chi connectivity index (χ2v) is 8.64. The van der Waals surface area contributed by atoms with Crippen LogP contribution in [-0.2, 0) is 16.1 Å². The lowest BCUT2D eigenvalue weighted by Crippen LogP contribution is -2.52. The van der Waals surface area contributed by atoms with E-state index in [-0.39, 0.29) is 36.9 Å². The van der Waals surface area contributed by atoms with Gasteiger partial charge in [0, 0.05) is 36.4 Å². The third kappa shape index (κ3) is 3.14. The van der Waals surface area contributed by atoms with Crippen LogP contribution in [0.3, 0.4) is 0 Å². The van der Waals surface area contributed by atoms with E-state index in [9.17, 15) is 19.2 Å². The van der Waals surface area contributed by atoms with Gasteiger partial charge in [-0.05, 0) is 55.7 Å². The summed E-state index contributed by atoms with van der Waals surface area (Å²) in [6.45, 7) is 4.83. The monoisotopic (exact) mass is 432 g/mol. The topological polar surface area (TPSA) is 90.0 Å². The van der Waals surface area contributed by atoms with Crippen molar-refractivity contribution >= 4 is 35.1 Å². The number of aryl methyl sites for hydroxylation is 1. The molecule has 0 aromatic heterocycles. The number of amides is 5. The van der Waals surface area contributed by atoms with Gasteiger partial charge in [0.25, 0.3) is 5.91 Å². The molecule has 8 heteroatoms. The van der Waals surface area contributed by atoms with E-state index < -0.39 is 11.9 Å². The van der Waals surface area contributed by atoms with Crippen LogP contribution >= 0.6 is 0 Å². The van der Waals surface area contributed by atoms with Gasteiger partial charge in [0.05, 0.1) is 6.04 Å². The van der Waals surface area contributed by atoms with Crippen LogP contribution in [0.15, 0.2) is 42.5 Å². The van der Waals surface area contributed by atoms with Crippen LogP contribution in [0.4, 0.5) is 16.2 Å².